The third-order valence-corrected chi connectivity index (χ3v) is 2.96. The summed E-state index contributed by atoms with van der Waals surface area (Å²) >= 11 is 0. The second-order valence-corrected chi connectivity index (χ2v) is 4.30. The third kappa shape index (κ3) is 2.39. The number of benzene rings is 1. The summed E-state index contributed by atoms with van der Waals surface area (Å²) < 4.78 is 2.20. The van der Waals surface area contributed by atoms with Crippen LogP contribution in [0.2, 0.25) is 0 Å². The lowest BCUT2D eigenvalue weighted by atomic mass is 10.0. The summed E-state index contributed by atoms with van der Waals surface area (Å²) in [5, 5.41) is 0. The van der Waals surface area contributed by atoms with Crippen LogP contribution in [0.4, 0.5) is 0 Å². The van der Waals surface area contributed by atoms with E-state index in [9.17, 15) is 0 Å². The molecule has 3 heteroatoms. The predicted molar refractivity (Wildman–Crippen MR) is 70.6 cm³/mol. The first-order valence-corrected chi connectivity index (χ1v) is 6.07. The summed E-state index contributed by atoms with van der Waals surface area (Å²) in [6, 6.07) is 6.33. The fourth-order valence-corrected chi connectivity index (χ4v) is 2.01. The van der Waals surface area contributed by atoms with E-state index in [2.05, 4.69) is 41.6 Å². The van der Waals surface area contributed by atoms with Crippen LogP contribution in [-0.4, -0.2) is 9.55 Å². The second kappa shape index (κ2) is 5.15. The molecule has 0 aliphatic rings. The molecule has 2 aromatic rings. The molecule has 0 bridgehead atoms. The van der Waals surface area contributed by atoms with E-state index in [0.717, 1.165) is 24.4 Å². The van der Waals surface area contributed by atoms with E-state index >= 15 is 0 Å². The Balaban J connectivity index is 2.47. The van der Waals surface area contributed by atoms with E-state index in [1.807, 2.05) is 12.4 Å². The molecule has 0 aliphatic heterocycles. The quantitative estimate of drug-likeness (QED) is 0.876. The topological polar surface area (TPSA) is 43.8 Å². The molecule has 1 aromatic carbocycles. The van der Waals surface area contributed by atoms with Crippen LogP contribution in [0, 0.1) is 6.92 Å². The zero-order chi connectivity index (χ0) is 12.3. The third-order valence-electron chi connectivity index (χ3n) is 2.96. The monoisotopic (exact) mass is 229 g/mol. The molecule has 1 heterocycles. The summed E-state index contributed by atoms with van der Waals surface area (Å²) in [5.74, 6) is 1.04. The average Bonchev–Trinajstić information content (AvgIpc) is 2.78. The number of rotatable bonds is 4. The van der Waals surface area contributed by atoms with Gasteiger partial charge in [0.05, 0.1) is 0 Å². The van der Waals surface area contributed by atoms with Crippen molar-refractivity contribution in [2.45, 2.75) is 33.4 Å². The van der Waals surface area contributed by atoms with Crippen molar-refractivity contribution in [2.24, 2.45) is 5.73 Å². The Bertz CT molecular complexity index is 500. The van der Waals surface area contributed by atoms with Crippen molar-refractivity contribution >= 4 is 0 Å². The maximum atomic E-state index is 5.69. The van der Waals surface area contributed by atoms with Gasteiger partial charge >= 0.3 is 0 Å². The van der Waals surface area contributed by atoms with Gasteiger partial charge in [-0.15, -0.1) is 0 Å². The lowest BCUT2D eigenvalue weighted by Crippen LogP contribution is -2.02. The fourth-order valence-electron chi connectivity index (χ4n) is 2.01. The minimum absolute atomic E-state index is 0.571. The molecule has 0 spiro atoms. The molecule has 0 saturated heterocycles. The first-order valence-electron chi connectivity index (χ1n) is 6.07. The minimum Gasteiger partial charge on any atom is -0.331 e. The van der Waals surface area contributed by atoms with Gasteiger partial charge in [-0.1, -0.05) is 19.1 Å². The zero-order valence-corrected chi connectivity index (χ0v) is 10.5. The molecule has 3 nitrogen and oxygen atoms in total. The van der Waals surface area contributed by atoms with E-state index < -0.39 is 0 Å². The van der Waals surface area contributed by atoms with Crippen LogP contribution >= 0.6 is 0 Å². The van der Waals surface area contributed by atoms with E-state index in [4.69, 9.17) is 5.73 Å². The molecular weight excluding hydrogens is 210 g/mol. The molecule has 0 saturated carbocycles. The number of nitrogens with two attached hydrogens (primary N) is 1. The van der Waals surface area contributed by atoms with E-state index in [-0.39, 0.29) is 0 Å². The van der Waals surface area contributed by atoms with Gasteiger partial charge in [-0.3, -0.25) is 0 Å². The molecule has 0 fully saturated rings. The largest absolute Gasteiger partial charge is 0.331 e. The highest BCUT2D eigenvalue weighted by Gasteiger charge is 2.08. The lowest BCUT2D eigenvalue weighted by molar-refractivity contribution is 0.685. The molecule has 0 atom stereocenters. The van der Waals surface area contributed by atoms with E-state index in [1.165, 1.54) is 11.1 Å². The second-order valence-electron chi connectivity index (χ2n) is 4.30. The molecule has 17 heavy (non-hydrogen) atoms. The van der Waals surface area contributed by atoms with Gasteiger partial charge in [-0.05, 0) is 30.5 Å². The summed E-state index contributed by atoms with van der Waals surface area (Å²) in [6.45, 7) is 5.86. The lowest BCUT2D eigenvalue weighted by Gasteiger charge is -2.10. The van der Waals surface area contributed by atoms with Gasteiger partial charge in [0.25, 0.3) is 0 Å². The van der Waals surface area contributed by atoms with Crippen LogP contribution < -0.4 is 5.73 Å². The van der Waals surface area contributed by atoms with Gasteiger partial charge < -0.3 is 10.3 Å². The van der Waals surface area contributed by atoms with Crippen LogP contribution in [-0.2, 0) is 13.1 Å². The van der Waals surface area contributed by atoms with E-state index in [0.29, 0.717) is 6.54 Å². The minimum atomic E-state index is 0.571. The van der Waals surface area contributed by atoms with Crippen molar-refractivity contribution in [3.63, 3.8) is 0 Å². The number of aromatic nitrogens is 2. The highest BCUT2D eigenvalue weighted by atomic mass is 15.1. The van der Waals surface area contributed by atoms with Crippen molar-refractivity contribution < 1.29 is 0 Å². The molecule has 90 valence electrons. The number of hydrogen-bond donors (Lipinski definition) is 1. The van der Waals surface area contributed by atoms with Crippen LogP contribution in [0.25, 0.3) is 11.4 Å². The van der Waals surface area contributed by atoms with Crippen molar-refractivity contribution in [1.82, 2.24) is 9.55 Å². The van der Waals surface area contributed by atoms with Gasteiger partial charge in [-0.25, -0.2) is 4.98 Å². The van der Waals surface area contributed by atoms with Gasteiger partial charge in [0.1, 0.15) is 5.82 Å². The van der Waals surface area contributed by atoms with Crippen LogP contribution in [0.5, 0.6) is 0 Å². The normalized spacial score (nSPS) is 10.8. The van der Waals surface area contributed by atoms with Crippen molar-refractivity contribution in [3.05, 3.63) is 41.7 Å². The molecule has 0 radical (unpaired) electrons. The van der Waals surface area contributed by atoms with Crippen molar-refractivity contribution in [3.8, 4) is 11.4 Å². The fraction of sp³-hybridized carbons (Fsp3) is 0.357. The molecule has 1 aromatic heterocycles. The first kappa shape index (κ1) is 11.9. The van der Waals surface area contributed by atoms with Crippen molar-refractivity contribution in [1.29, 1.82) is 0 Å². The maximum Gasteiger partial charge on any atom is 0.140 e. The summed E-state index contributed by atoms with van der Waals surface area (Å²) in [6.07, 6.45) is 5.01. The SMILES string of the molecule is CCCn1ccnc1-c1cc(CN)ccc1C. The van der Waals surface area contributed by atoms with Gasteiger partial charge in [0.15, 0.2) is 0 Å². The molecule has 0 aliphatic carbocycles. The maximum absolute atomic E-state index is 5.69. The Morgan fingerprint density at radius 2 is 2.18 bits per heavy atom. The molecule has 0 amide bonds. The number of nitrogens with zero attached hydrogens (tertiary/aromatic N) is 2. The van der Waals surface area contributed by atoms with E-state index in [1.54, 1.807) is 0 Å². The number of imidazole rings is 1. The van der Waals surface area contributed by atoms with Crippen LogP contribution in [0.3, 0.4) is 0 Å². The molecule has 0 unspecified atom stereocenters. The smallest absolute Gasteiger partial charge is 0.140 e. The van der Waals surface area contributed by atoms with Crippen LogP contribution in [0.1, 0.15) is 24.5 Å². The molecule has 2 N–H and O–H groups in total. The van der Waals surface area contributed by atoms with Gasteiger partial charge in [0.2, 0.25) is 0 Å². The molecular formula is C14H19N3. The van der Waals surface area contributed by atoms with Gasteiger partial charge in [-0.2, -0.15) is 0 Å². The standard InChI is InChI=1S/C14H19N3/c1-3-7-17-8-6-16-14(17)13-9-12(10-15)5-4-11(13)2/h4-6,8-9H,3,7,10,15H2,1-2H3. The number of hydrogen-bond acceptors (Lipinski definition) is 2. The summed E-state index contributed by atoms with van der Waals surface area (Å²) in [5.41, 5.74) is 9.27. The van der Waals surface area contributed by atoms with Gasteiger partial charge in [0, 0.05) is 31.0 Å². The average molecular weight is 229 g/mol. The van der Waals surface area contributed by atoms with Crippen molar-refractivity contribution in [2.75, 3.05) is 0 Å². The summed E-state index contributed by atoms with van der Waals surface area (Å²) in [4.78, 5) is 4.46. The zero-order valence-electron chi connectivity index (χ0n) is 10.5. The predicted octanol–water partition coefficient (Wildman–Crippen LogP) is 2.73. The number of aryl methyl sites for hydroxylation is 2. The first-order chi connectivity index (χ1) is 8.26. The Labute approximate surface area is 102 Å². The Morgan fingerprint density at radius 3 is 2.88 bits per heavy atom. The summed E-state index contributed by atoms with van der Waals surface area (Å²) in [7, 11) is 0. The van der Waals surface area contributed by atoms with Crippen LogP contribution in [0.15, 0.2) is 30.6 Å². The Hall–Kier alpha value is -1.61. The Kier molecular flexibility index (Phi) is 3.59. The Morgan fingerprint density at radius 1 is 1.35 bits per heavy atom. The molecule has 2 rings (SSSR count). The highest BCUT2D eigenvalue weighted by Crippen LogP contribution is 2.23. The highest BCUT2D eigenvalue weighted by molar-refractivity contribution is 5.61.